The fourth-order valence-electron chi connectivity index (χ4n) is 3.03. The summed E-state index contributed by atoms with van der Waals surface area (Å²) < 4.78 is 8.19. The number of rotatable bonds is 2. The smallest absolute Gasteiger partial charge is 0.331 e. The number of nitrogens with zero attached hydrogens (tertiary/aromatic N) is 2. The summed E-state index contributed by atoms with van der Waals surface area (Å²) in [6.45, 7) is 1.58. The maximum Gasteiger partial charge on any atom is 0.331 e. The fourth-order valence-corrected chi connectivity index (χ4v) is 3.03. The molecule has 1 atom stereocenters. The Hall–Kier alpha value is -2.08. The van der Waals surface area contributed by atoms with E-state index in [-0.39, 0.29) is 17.3 Å². The van der Waals surface area contributed by atoms with Crippen molar-refractivity contribution in [2.75, 3.05) is 20.2 Å². The quantitative estimate of drug-likeness (QED) is 0.881. The van der Waals surface area contributed by atoms with E-state index >= 15 is 0 Å². The van der Waals surface area contributed by atoms with Gasteiger partial charge in [0.1, 0.15) is 11.1 Å². The van der Waals surface area contributed by atoms with Crippen LogP contribution in [0.5, 0.6) is 5.75 Å². The molecule has 1 aromatic carbocycles. The zero-order valence-corrected chi connectivity index (χ0v) is 12.3. The summed E-state index contributed by atoms with van der Waals surface area (Å²) in [7, 11) is 3.22. The summed E-state index contributed by atoms with van der Waals surface area (Å²) in [5.74, 6) is 0.505. The SMILES string of the molecule is COc1cccc2c1c(=O)n(C1CCCNC1)c(=O)n2C. The van der Waals surface area contributed by atoms with Gasteiger partial charge in [0.2, 0.25) is 0 Å². The first-order chi connectivity index (χ1) is 10.1. The minimum atomic E-state index is -0.269. The third-order valence-electron chi connectivity index (χ3n) is 4.15. The number of ether oxygens (including phenoxy) is 1. The van der Waals surface area contributed by atoms with Crippen LogP contribution in [0.1, 0.15) is 18.9 Å². The predicted octanol–water partition coefficient (Wildman–Crippen LogP) is 0.633. The van der Waals surface area contributed by atoms with Crippen LogP contribution < -0.4 is 21.3 Å². The fraction of sp³-hybridized carbons (Fsp3) is 0.467. The molecule has 0 aliphatic carbocycles. The van der Waals surface area contributed by atoms with Gasteiger partial charge in [-0.2, -0.15) is 0 Å². The lowest BCUT2D eigenvalue weighted by atomic mass is 10.1. The molecule has 0 bridgehead atoms. The molecule has 6 heteroatoms. The molecule has 1 aliphatic rings. The Labute approximate surface area is 122 Å². The van der Waals surface area contributed by atoms with E-state index in [9.17, 15) is 9.59 Å². The number of piperidine rings is 1. The van der Waals surface area contributed by atoms with E-state index in [1.165, 1.54) is 16.2 Å². The van der Waals surface area contributed by atoms with Gasteiger partial charge in [0.25, 0.3) is 5.56 Å². The van der Waals surface area contributed by atoms with Crippen molar-refractivity contribution < 1.29 is 4.74 Å². The molecule has 0 saturated carbocycles. The molecule has 1 aromatic heterocycles. The van der Waals surface area contributed by atoms with Crippen LogP contribution in [0.15, 0.2) is 27.8 Å². The maximum absolute atomic E-state index is 12.8. The van der Waals surface area contributed by atoms with Crippen LogP contribution in [0.3, 0.4) is 0 Å². The van der Waals surface area contributed by atoms with E-state index in [0.717, 1.165) is 19.4 Å². The normalized spacial score (nSPS) is 18.9. The van der Waals surface area contributed by atoms with Gasteiger partial charge in [-0.3, -0.25) is 13.9 Å². The molecule has 1 N–H and O–H groups in total. The minimum absolute atomic E-state index is 0.0979. The summed E-state index contributed by atoms with van der Waals surface area (Å²) in [5.41, 5.74) is 0.0677. The molecule has 2 aromatic rings. The van der Waals surface area contributed by atoms with Crippen molar-refractivity contribution >= 4 is 10.9 Å². The molecule has 1 aliphatic heterocycles. The van der Waals surface area contributed by atoms with Crippen molar-refractivity contribution in [3.05, 3.63) is 39.0 Å². The van der Waals surface area contributed by atoms with Gasteiger partial charge in [-0.1, -0.05) is 6.07 Å². The van der Waals surface area contributed by atoms with Gasteiger partial charge < -0.3 is 10.1 Å². The first-order valence-electron chi connectivity index (χ1n) is 7.14. The third-order valence-corrected chi connectivity index (χ3v) is 4.15. The van der Waals surface area contributed by atoms with Crippen molar-refractivity contribution in [2.24, 2.45) is 7.05 Å². The van der Waals surface area contributed by atoms with Gasteiger partial charge in [-0.05, 0) is 31.5 Å². The number of benzene rings is 1. The molecular weight excluding hydrogens is 270 g/mol. The van der Waals surface area contributed by atoms with E-state index in [1.807, 2.05) is 0 Å². The highest BCUT2D eigenvalue weighted by Gasteiger charge is 2.22. The second-order valence-corrected chi connectivity index (χ2v) is 5.37. The van der Waals surface area contributed by atoms with Gasteiger partial charge in [-0.25, -0.2) is 4.79 Å². The van der Waals surface area contributed by atoms with Gasteiger partial charge >= 0.3 is 5.69 Å². The van der Waals surface area contributed by atoms with Gasteiger partial charge in [0, 0.05) is 13.6 Å². The Balaban J connectivity index is 2.35. The third kappa shape index (κ3) is 2.15. The first-order valence-corrected chi connectivity index (χ1v) is 7.14. The molecule has 21 heavy (non-hydrogen) atoms. The van der Waals surface area contributed by atoms with Crippen LogP contribution in [0.2, 0.25) is 0 Å². The van der Waals surface area contributed by atoms with Crippen LogP contribution in [0.25, 0.3) is 10.9 Å². The van der Waals surface area contributed by atoms with Crippen LogP contribution in [0, 0.1) is 0 Å². The van der Waals surface area contributed by atoms with E-state index in [4.69, 9.17) is 4.74 Å². The van der Waals surface area contributed by atoms with Crippen molar-refractivity contribution in [1.82, 2.24) is 14.5 Å². The topological polar surface area (TPSA) is 65.3 Å². The molecule has 1 fully saturated rings. The van der Waals surface area contributed by atoms with E-state index in [0.29, 0.717) is 23.2 Å². The number of aromatic nitrogens is 2. The summed E-state index contributed by atoms with van der Waals surface area (Å²) in [4.78, 5) is 25.4. The largest absolute Gasteiger partial charge is 0.496 e. The lowest BCUT2D eigenvalue weighted by Gasteiger charge is -2.25. The Bertz CT molecular complexity index is 785. The highest BCUT2D eigenvalue weighted by Crippen LogP contribution is 2.22. The van der Waals surface area contributed by atoms with E-state index in [2.05, 4.69) is 5.32 Å². The first kappa shape index (κ1) is 13.9. The Morgan fingerprint density at radius 3 is 2.81 bits per heavy atom. The monoisotopic (exact) mass is 289 g/mol. The lowest BCUT2D eigenvalue weighted by Crippen LogP contribution is -2.46. The average molecular weight is 289 g/mol. The highest BCUT2D eigenvalue weighted by molar-refractivity contribution is 5.84. The van der Waals surface area contributed by atoms with Crippen molar-refractivity contribution in [3.8, 4) is 5.75 Å². The van der Waals surface area contributed by atoms with Crippen LogP contribution in [-0.2, 0) is 7.05 Å². The molecule has 1 saturated heterocycles. The van der Waals surface area contributed by atoms with Crippen molar-refractivity contribution in [1.29, 1.82) is 0 Å². The number of methoxy groups -OCH3 is 1. The number of hydrogen-bond acceptors (Lipinski definition) is 4. The molecule has 0 radical (unpaired) electrons. The van der Waals surface area contributed by atoms with Gasteiger partial charge in [-0.15, -0.1) is 0 Å². The number of hydrogen-bond donors (Lipinski definition) is 1. The summed E-state index contributed by atoms with van der Waals surface area (Å²) >= 11 is 0. The highest BCUT2D eigenvalue weighted by atomic mass is 16.5. The molecule has 0 amide bonds. The van der Waals surface area contributed by atoms with Crippen molar-refractivity contribution in [3.63, 3.8) is 0 Å². The maximum atomic E-state index is 12.8. The van der Waals surface area contributed by atoms with Crippen LogP contribution in [0.4, 0.5) is 0 Å². The number of aryl methyl sites for hydroxylation is 1. The minimum Gasteiger partial charge on any atom is -0.496 e. The second-order valence-electron chi connectivity index (χ2n) is 5.37. The van der Waals surface area contributed by atoms with Crippen LogP contribution in [-0.4, -0.2) is 29.3 Å². The lowest BCUT2D eigenvalue weighted by molar-refractivity contribution is 0.350. The molecule has 112 valence electrons. The Morgan fingerprint density at radius 1 is 1.33 bits per heavy atom. The van der Waals surface area contributed by atoms with Crippen molar-refractivity contribution in [2.45, 2.75) is 18.9 Å². The number of fused-ring (bicyclic) bond motifs is 1. The summed E-state index contributed by atoms with van der Waals surface area (Å²) in [5, 5.41) is 3.71. The zero-order valence-electron chi connectivity index (χ0n) is 12.3. The standard InChI is InChI=1S/C15H19N3O3/c1-17-11-6-3-7-12(21-2)13(11)14(19)18(15(17)20)10-5-4-8-16-9-10/h3,6-7,10,16H,4-5,8-9H2,1-2H3. The molecule has 0 spiro atoms. The molecule has 3 rings (SSSR count). The molecule has 2 heterocycles. The zero-order chi connectivity index (χ0) is 15.0. The summed E-state index contributed by atoms with van der Waals surface area (Å²) in [6.07, 6.45) is 1.80. The van der Waals surface area contributed by atoms with E-state index < -0.39 is 0 Å². The molecule has 1 unspecified atom stereocenters. The molecule has 6 nitrogen and oxygen atoms in total. The second kappa shape index (κ2) is 5.37. The van der Waals surface area contributed by atoms with Gasteiger partial charge in [0.15, 0.2) is 0 Å². The average Bonchev–Trinajstić information content (AvgIpc) is 2.53. The Kier molecular flexibility index (Phi) is 3.55. The van der Waals surface area contributed by atoms with Crippen LogP contribution >= 0.6 is 0 Å². The summed E-state index contributed by atoms with van der Waals surface area (Å²) in [6, 6.07) is 5.20. The Morgan fingerprint density at radius 2 is 2.14 bits per heavy atom. The van der Waals surface area contributed by atoms with E-state index in [1.54, 1.807) is 25.2 Å². The number of nitrogens with one attached hydrogen (secondary N) is 1. The molecular formula is C15H19N3O3. The van der Waals surface area contributed by atoms with Gasteiger partial charge in [0.05, 0.1) is 18.7 Å². The predicted molar refractivity (Wildman–Crippen MR) is 81.1 cm³/mol.